The second-order valence-electron chi connectivity index (χ2n) is 7.81. The lowest BCUT2D eigenvalue weighted by atomic mass is 9.95. The van der Waals surface area contributed by atoms with E-state index in [0.29, 0.717) is 28.8 Å². The van der Waals surface area contributed by atoms with Gasteiger partial charge in [-0.05, 0) is 62.0 Å². The van der Waals surface area contributed by atoms with Crippen molar-refractivity contribution in [3.05, 3.63) is 63.6 Å². The molecule has 176 valence electrons. The van der Waals surface area contributed by atoms with Gasteiger partial charge in [0.15, 0.2) is 0 Å². The quantitative estimate of drug-likeness (QED) is 0.293. The number of hydrogen-bond acceptors (Lipinski definition) is 6. The van der Waals surface area contributed by atoms with Crippen molar-refractivity contribution in [3.8, 4) is 11.5 Å². The van der Waals surface area contributed by atoms with Crippen molar-refractivity contribution >= 4 is 33.4 Å². The Morgan fingerprint density at radius 3 is 2.55 bits per heavy atom. The first-order valence-electron chi connectivity index (χ1n) is 11.0. The minimum Gasteiger partial charge on any atom is -0.507 e. The van der Waals surface area contributed by atoms with Crippen LogP contribution in [-0.4, -0.2) is 65.0 Å². The lowest BCUT2D eigenvalue weighted by molar-refractivity contribution is -0.140. The summed E-state index contributed by atoms with van der Waals surface area (Å²) in [6, 6.07) is 10.9. The Labute approximate surface area is 202 Å². The van der Waals surface area contributed by atoms with Crippen molar-refractivity contribution in [2.45, 2.75) is 26.3 Å². The first-order chi connectivity index (χ1) is 15.8. The Kier molecular flexibility index (Phi) is 8.15. The number of halogens is 1. The third-order valence-corrected chi connectivity index (χ3v) is 6.42. The SMILES string of the molecule is CCN(CC)CCCN1C(=O)C(=O)C(=C(O)c2cc(Br)ccc2O)[C@@H]1c1cccc(OC)c1. The van der Waals surface area contributed by atoms with Crippen molar-refractivity contribution in [3.63, 3.8) is 0 Å². The molecule has 0 radical (unpaired) electrons. The summed E-state index contributed by atoms with van der Waals surface area (Å²) in [5.41, 5.74) is 0.676. The van der Waals surface area contributed by atoms with E-state index in [-0.39, 0.29) is 16.9 Å². The summed E-state index contributed by atoms with van der Waals surface area (Å²) >= 11 is 3.32. The molecule has 2 aromatic carbocycles. The lowest BCUT2D eigenvalue weighted by Crippen LogP contribution is -2.33. The first kappa shape index (κ1) is 24.8. The molecular weight excluding hydrogens is 488 g/mol. The van der Waals surface area contributed by atoms with Gasteiger partial charge in [0.1, 0.15) is 17.3 Å². The highest BCUT2D eigenvalue weighted by Gasteiger charge is 2.46. The summed E-state index contributed by atoms with van der Waals surface area (Å²) in [4.78, 5) is 29.9. The molecule has 0 spiro atoms. The molecule has 2 aromatic rings. The number of ketones is 1. The van der Waals surface area contributed by atoms with Gasteiger partial charge in [-0.2, -0.15) is 0 Å². The molecule has 0 saturated carbocycles. The van der Waals surface area contributed by atoms with E-state index < -0.39 is 23.5 Å². The molecule has 3 rings (SSSR count). The molecule has 8 heteroatoms. The van der Waals surface area contributed by atoms with Gasteiger partial charge in [0, 0.05) is 11.0 Å². The maximum Gasteiger partial charge on any atom is 0.295 e. The average molecular weight is 517 g/mol. The van der Waals surface area contributed by atoms with Crippen molar-refractivity contribution in [1.82, 2.24) is 9.80 Å². The predicted molar refractivity (Wildman–Crippen MR) is 130 cm³/mol. The minimum atomic E-state index is -0.796. The second kappa shape index (κ2) is 10.9. The second-order valence-corrected chi connectivity index (χ2v) is 8.73. The average Bonchev–Trinajstić information content (AvgIpc) is 3.08. The number of aliphatic hydroxyl groups is 1. The number of nitrogens with zero attached hydrogens (tertiary/aromatic N) is 2. The number of aliphatic hydroxyl groups excluding tert-OH is 1. The fourth-order valence-electron chi connectivity index (χ4n) is 4.12. The highest BCUT2D eigenvalue weighted by atomic mass is 79.9. The van der Waals surface area contributed by atoms with Crippen molar-refractivity contribution in [2.75, 3.05) is 33.3 Å². The molecule has 1 aliphatic rings. The smallest absolute Gasteiger partial charge is 0.295 e. The van der Waals surface area contributed by atoms with E-state index >= 15 is 0 Å². The molecule has 0 bridgehead atoms. The van der Waals surface area contributed by atoms with Crippen LogP contribution in [0.3, 0.4) is 0 Å². The molecule has 1 saturated heterocycles. The molecule has 1 heterocycles. The zero-order valence-corrected chi connectivity index (χ0v) is 20.6. The number of aromatic hydroxyl groups is 1. The monoisotopic (exact) mass is 516 g/mol. The molecule has 0 unspecified atom stereocenters. The Hall–Kier alpha value is -2.84. The minimum absolute atomic E-state index is 0.0514. The van der Waals surface area contributed by atoms with Crippen LogP contribution in [0, 0.1) is 0 Å². The number of methoxy groups -OCH3 is 1. The number of rotatable bonds is 9. The fraction of sp³-hybridized carbons (Fsp3) is 0.360. The van der Waals surface area contributed by atoms with E-state index in [2.05, 4.69) is 34.7 Å². The third-order valence-electron chi connectivity index (χ3n) is 5.93. The number of carbonyl (C=O) groups excluding carboxylic acids is 2. The van der Waals surface area contributed by atoms with Crippen LogP contribution < -0.4 is 4.74 Å². The number of ether oxygens (including phenoxy) is 1. The summed E-state index contributed by atoms with van der Waals surface area (Å²) in [6.45, 7) is 7.10. The van der Waals surface area contributed by atoms with E-state index in [9.17, 15) is 19.8 Å². The van der Waals surface area contributed by atoms with Crippen LogP contribution in [0.4, 0.5) is 0 Å². The summed E-state index contributed by atoms with van der Waals surface area (Å²) in [7, 11) is 1.54. The molecule has 0 aliphatic carbocycles. The Morgan fingerprint density at radius 2 is 1.88 bits per heavy atom. The Balaban J connectivity index is 2.09. The van der Waals surface area contributed by atoms with Gasteiger partial charge >= 0.3 is 0 Å². The number of amides is 1. The standard InChI is InChI=1S/C25H29BrN2O5/c1-4-27(5-2)12-7-13-28-22(16-8-6-9-18(14-16)33-3)21(24(31)25(28)32)23(30)19-15-17(26)10-11-20(19)29/h6,8-11,14-15,22,29-30H,4-5,7,12-13H2,1-3H3/t22-/m0/s1. The number of phenolic OH excluding ortho intramolecular Hbond substituents is 1. The summed E-state index contributed by atoms with van der Waals surface area (Å²) in [6.07, 6.45) is 0.678. The largest absolute Gasteiger partial charge is 0.507 e. The maximum atomic E-state index is 13.1. The van der Waals surface area contributed by atoms with Gasteiger partial charge in [0.2, 0.25) is 0 Å². The summed E-state index contributed by atoms with van der Waals surface area (Å²) < 4.78 is 5.96. The van der Waals surface area contributed by atoms with E-state index in [1.165, 1.54) is 17.0 Å². The molecule has 0 aromatic heterocycles. The molecule has 33 heavy (non-hydrogen) atoms. The van der Waals surface area contributed by atoms with Crippen LogP contribution in [0.15, 0.2) is 52.5 Å². The van der Waals surface area contributed by atoms with E-state index in [0.717, 1.165) is 19.6 Å². The fourth-order valence-corrected chi connectivity index (χ4v) is 4.48. The van der Waals surface area contributed by atoms with Crippen LogP contribution >= 0.6 is 15.9 Å². The molecule has 7 nitrogen and oxygen atoms in total. The number of Topliss-reactive ketones (excluding diaryl/α,β-unsaturated/α-hetero) is 1. The lowest BCUT2D eigenvalue weighted by Gasteiger charge is -2.27. The van der Waals surface area contributed by atoms with E-state index in [1.807, 2.05) is 0 Å². The molecule has 1 atom stereocenters. The van der Waals surface area contributed by atoms with Gasteiger partial charge in [0.25, 0.3) is 11.7 Å². The van der Waals surface area contributed by atoms with E-state index in [4.69, 9.17) is 4.74 Å². The van der Waals surface area contributed by atoms with E-state index in [1.54, 1.807) is 37.4 Å². The van der Waals surface area contributed by atoms with Crippen LogP contribution in [0.25, 0.3) is 5.76 Å². The topological polar surface area (TPSA) is 90.3 Å². The molecule has 2 N–H and O–H groups in total. The summed E-state index contributed by atoms with van der Waals surface area (Å²) in [5.74, 6) is -1.47. The third kappa shape index (κ3) is 5.23. The number of phenols is 1. The predicted octanol–water partition coefficient (Wildman–Crippen LogP) is 4.32. The zero-order valence-electron chi connectivity index (χ0n) is 19.0. The van der Waals surface area contributed by atoms with Crippen LogP contribution in [0.1, 0.15) is 37.4 Å². The van der Waals surface area contributed by atoms with Gasteiger partial charge < -0.3 is 24.7 Å². The van der Waals surface area contributed by atoms with Crippen molar-refractivity contribution < 1.29 is 24.5 Å². The Bertz CT molecular complexity index is 1060. The molecular formula is C25H29BrN2O5. The highest BCUT2D eigenvalue weighted by Crippen LogP contribution is 2.42. The van der Waals surface area contributed by atoms with Gasteiger partial charge in [-0.15, -0.1) is 0 Å². The highest BCUT2D eigenvalue weighted by molar-refractivity contribution is 9.10. The molecule has 1 fully saturated rings. The normalized spacial score (nSPS) is 17.7. The van der Waals surface area contributed by atoms with Crippen molar-refractivity contribution in [1.29, 1.82) is 0 Å². The molecule has 1 aliphatic heterocycles. The van der Waals surface area contributed by atoms with Crippen LogP contribution in [0.2, 0.25) is 0 Å². The number of carbonyl (C=O) groups is 2. The number of benzene rings is 2. The van der Waals surface area contributed by atoms with Crippen LogP contribution in [-0.2, 0) is 9.59 Å². The van der Waals surface area contributed by atoms with Gasteiger partial charge in [-0.3, -0.25) is 9.59 Å². The number of hydrogen-bond donors (Lipinski definition) is 2. The number of likely N-dealkylation sites (tertiary alicyclic amines) is 1. The summed E-state index contributed by atoms with van der Waals surface area (Å²) in [5, 5.41) is 21.5. The Morgan fingerprint density at radius 1 is 1.15 bits per heavy atom. The van der Waals surface area contributed by atoms with Gasteiger partial charge in [0.05, 0.1) is 24.3 Å². The maximum absolute atomic E-state index is 13.1. The van der Waals surface area contributed by atoms with Crippen LogP contribution in [0.5, 0.6) is 11.5 Å². The van der Waals surface area contributed by atoms with Gasteiger partial charge in [-0.25, -0.2) is 0 Å². The zero-order chi connectivity index (χ0) is 24.1. The first-order valence-corrected chi connectivity index (χ1v) is 11.7. The molecule has 1 amide bonds. The van der Waals surface area contributed by atoms with Crippen molar-refractivity contribution in [2.24, 2.45) is 0 Å². The van der Waals surface area contributed by atoms with Gasteiger partial charge in [-0.1, -0.05) is 41.9 Å².